The van der Waals surface area contributed by atoms with E-state index >= 15 is 0 Å². The molecular weight excluding hydrogens is 935 g/mol. The Morgan fingerprint density at radius 1 is 0.351 bits per heavy atom. The van der Waals surface area contributed by atoms with Crippen molar-refractivity contribution in [2.75, 3.05) is 4.90 Å². The zero-order chi connectivity index (χ0) is 50.7. The number of ether oxygens (including phenoxy) is 2. The molecule has 16 rings (SSSR count). The second kappa shape index (κ2) is 16.9. The van der Waals surface area contributed by atoms with Crippen LogP contribution in [-0.2, 0) is 10.8 Å². The molecule has 0 amide bonds. The first-order valence-electron chi connectivity index (χ1n) is 26.8. The third-order valence-corrected chi connectivity index (χ3v) is 17.3. The molecule has 0 fully saturated rings. The maximum atomic E-state index is 7.31. The van der Waals surface area contributed by atoms with Gasteiger partial charge in [-0.25, -0.2) is 0 Å². The molecule has 0 bridgehead atoms. The highest BCUT2D eigenvalue weighted by Crippen LogP contribution is 2.67. The lowest BCUT2D eigenvalue weighted by Gasteiger charge is -2.38. The van der Waals surface area contributed by atoms with Gasteiger partial charge >= 0.3 is 0 Å². The quantitative estimate of drug-likeness (QED) is 0.159. The van der Waals surface area contributed by atoms with E-state index in [0.29, 0.717) is 11.5 Å². The molecule has 0 saturated heterocycles. The van der Waals surface area contributed by atoms with Gasteiger partial charge in [0.25, 0.3) is 0 Å². The minimum atomic E-state index is -0.487. The Bertz CT molecular complexity index is 4150. The first-order valence-corrected chi connectivity index (χ1v) is 26.8. The summed E-state index contributed by atoms with van der Waals surface area (Å²) in [6, 6.07) is 99.8. The van der Waals surface area contributed by atoms with Crippen LogP contribution in [0.25, 0.3) is 44.5 Å². The summed E-state index contributed by atoms with van der Waals surface area (Å²) in [6.45, 7) is 0. The Morgan fingerprint density at radius 2 is 0.896 bits per heavy atom. The van der Waals surface area contributed by atoms with Gasteiger partial charge in [0.2, 0.25) is 0 Å². The minimum Gasteiger partial charge on any atom is -0.450 e. The number of para-hydroxylation sites is 1. The van der Waals surface area contributed by atoms with E-state index in [0.717, 1.165) is 45.3 Å². The molecule has 11 aromatic carbocycles. The Morgan fingerprint density at radius 3 is 1.61 bits per heavy atom. The van der Waals surface area contributed by atoms with E-state index in [1.54, 1.807) is 0 Å². The van der Waals surface area contributed by atoms with Crippen molar-refractivity contribution in [3.8, 4) is 56.0 Å². The largest absolute Gasteiger partial charge is 0.450 e. The molecule has 1 aliphatic heterocycles. The molecule has 3 nitrogen and oxygen atoms in total. The molecule has 3 heteroatoms. The van der Waals surface area contributed by atoms with Crippen LogP contribution in [0.1, 0.15) is 50.4 Å². The molecule has 11 aromatic rings. The van der Waals surface area contributed by atoms with Gasteiger partial charge in [-0.05, 0) is 138 Å². The predicted octanol–water partition coefficient (Wildman–Crippen LogP) is 18.1. The molecule has 362 valence electrons. The van der Waals surface area contributed by atoms with Crippen molar-refractivity contribution in [1.82, 2.24) is 0 Å². The van der Waals surface area contributed by atoms with Gasteiger partial charge in [0.1, 0.15) is 0 Å². The van der Waals surface area contributed by atoms with Gasteiger partial charge in [-0.3, -0.25) is 0 Å². The predicted molar refractivity (Wildman–Crippen MR) is 311 cm³/mol. The molecule has 0 aromatic heterocycles. The summed E-state index contributed by atoms with van der Waals surface area (Å²) in [7, 11) is 0. The number of rotatable bonds is 7. The minimum absolute atomic E-state index is 0.0598. The second-order valence-electron chi connectivity index (χ2n) is 21.0. The summed E-state index contributed by atoms with van der Waals surface area (Å²) in [5, 5.41) is 0. The lowest BCUT2D eigenvalue weighted by atomic mass is 9.65. The second-order valence-corrected chi connectivity index (χ2v) is 21.0. The summed E-state index contributed by atoms with van der Waals surface area (Å²) in [6.07, 6.45) is 4.71. The van der Waals surface area contributed by atoms with Crippen molar-refractivity contribution in [2.45, 2.75) is 16.7 Å². The smallest absolute Gasteiger partial charge is 0.194 e. The van der Waals surface area contributed by atoms with Crippen LogP contribution in [0.2, 0.25) is 0 Å². The normalized spacial score (nSPS) is 16.9. The van der Waals surface area contributed by atoms with E-state index in [2.05, 4.69) is 284 Å². The first-order chi connectivity index (χ1) is 38.2. The number of nitrogens with zero attached hydrogens (tertiary/aromatic N) is 1. The van der Waals surface area contributed by atoms with Gasteiger partial charge in [-0.1, -0.05) is 237 Å². The summed E-state index contributed by atoms with van der Waals surface area (Å²) in [4.78, 5) is 2.33. The molecule has 0 saturated carbocycles. The summed E-state index contributed by atoms with van der Waals surface area (Å²) in [5.41, 5.74) is 22.2. The fourth-order valence-corrected chi connectivity index (χ4v) is 14.3. The van der Waals surface area contributed by atoms with Gasteiger partial charge in [0.05, 0.1) is 16.5 Å². The highest BCUT2D eigenvalue weighted by molar-refractivity contribution is 5.96. The number of hydrogen-bond acceptors (Lipinski definition) is 3. The molecule has 1 spiro atoms. The van der Waals surface area contributed by atoms with E-state index in [1.165, 1.54) is 72.3 Å². The van der Waals surface area contributed by atoms with Crippen LogP contribution in [0, 0.1) is 5.92 Å². The van der Waals surface area contributed by atoms with E-state index in [4.69, 9.17) is 9.47 Å². The zero-order valence-corrected chi connectivity index (χ0v) is 42.1. The SMILES string of the molecule is C1=C2Oc3cccc(N(c4ccc(-c5cccc6c5-c5ccccc5C6(c5ccccc5)c5ccccc5)cc4)c4cccc(-c5ccccc5)c4)c3OC2=CC2c3ccccc3C3(c4ccccc4-c4ccccc43)C12. The molecule has 4 aliphatic carbocycles. The van der Waals surface area contributed by atoms with Crippen molar-refractivity contribution >= 4 is 17.1 Å². The zero-order valence-electron chi connectivity index (χ0n) is 42.1. The fraction of sp³-hybridized carbons (Fsp3) is 0.0541. The third-order valence-electron chi connectivity index (χ3n) is 17.3. The van der Waals surface area contributed by atoms with Crippen LogP contribution in [0.3, 0.4) is 0 Å². The molecule has 0 N–H and O–H groups in total. The van der Waals surface area contributed by atoms with Crippen molar-refractivity contribution in [2.24, 2.45) is 5.92 Å². The first kappa shape index (κ1) is 43.7. The van der Waals surface area contributed by atoms with Crippen molar-refractivity contribution < 1.29 is 9.47 Å². The van der Waals surface area contributed by atoms with Crippen molar-refractivity contribution in [1.29, 1.82) is 0 Å². The summed E-state index contributed by atoms with van der Waals surface area (Å²) < 4.78 is 14.5. The molecule has 2 unspecified atom stereocenters. The van der Waals surface area contributed by atoms with Crippen LogP contribution in [0.5, 0.6) is 11.5 Å². The Hall–Kier alpha value is -9.70. The van der Waals surface area contributed by atoms with Gasteiger partial charge in [-0.15, -0.1) is 0 Å². The molecule has 77 heavy (non-hydrogen) atoms. The number of benzene rings is 11. The van der Waals surface area contributed by atoms with Crippen LogP contribution < -0.4 is 14.4 Å². The summed E-state index contributed by atoms with van der Waals surface area (Å²) >= 11 is 0. The molecular formula is C74H49NO2. The number of allylic oxidation sites excluding steroid dienone is 2. The van der Waals surface area contributed by atoms with E-state index in [-0.39, 0.29) is 17.3 Å². The topological polar surface area (TPSA) is 21.7 Å². The van der Waals surface area contributed by atoms with Gasteiger partial charge in [0, 0.05) is 23.2 Å². The lowest BCUT2D eigenvalue weighted by Crippen LogP contribution is -2.34. The monoisotopic (exact) mass is 983 g/mol. The highest BCUT2D eigenvalue weighted by Gasteiger charge is 2.58. The van der Waals surface area contributed by atoms with Crippen LogP contribution in [0.15, 0.2) is 297 Å². The van der Waals surface area contributed by atoms with Gasteiger partial charge in [0.15, 0.2) is 23.0 Å². The lowest BCUT2D eigenvalue weighted by molar-refractivity contribution is 0.276. The van der Waals surface area contributed by atoms with E-state index < -0.39 is 5.41 Å². The molecule has 5 aliphatic rings. The standard InChI is InChI=1S/C74H49NO2/c1-4-21-48(22-5-1)50-23-18-28-54(45-50)75(53-43-41-49(42-44-53)55-33-19-38-65-71(55)59-32-13-17-37-64(59)73(65,51-24-6-2-7-25-51)52-26-8-3-9-27-52)67-39-20-40-68-72(67)77-69-46-60-58-31-12-16-36-63(58)74(66(60)47-70(69)76-68)61-34-14-10-29-56(61)57-30-11-15-35-62(57)74/h1-47,60,66H. The van der Waals surface area contributed by atoms with Gasteiger partial charge in [-0.2, -0.15) is 0 Å². The summed E-state index contributed by atoms with van der Waals surface area (Å²) in [5.74, 6) is 2.99. The average molecular weight is 984 g/mol. The van der Waals surface area contributed by atoms with Crippen LogP contribution in [-0.4, -0.2) is 0 Å². The van der Waals surface area contributed by atoms with Crippen molar-refractivity contribution in [3.05, 3.63) is 341 Å². The maximum Gasteiger partial charge on any atom is 0.194 e. The fourth-order valence-electron chi connectivity index (χ4n) is 14.3. The average Bonchev–Trinajstić information content (AvgIpc) is 4.31. The van der Waals surface area contributed by atoms with Gasteiger partial charge < -0.3 is 14.4 Å². The van der Waals surface area contributed by atoms with Crippen molar-refractivity contribution in [3.63, 3.8) is 0 Å². The van der Waals surface area contributed by atoms with E-state index in [1.807, 2.05) is 6.07 Å². The Kier molecular flexibility index (Phi) is 9.59. The molecule has 0 radical (unpaired) electrons. The maximum absolute atomic E-state index is 7.31. The number of hydrogen-bond donors (Lipinski definition) is 0. The number of fused-ring (bicyclic) bond motifs is 15. The highest BCUT2D eigenvalue weighted by atomic mass is 16.6. The van der Waals surface area contributed by atoms with E-state index in [9.17, 15) is 0 Å². The Balaban J connectivity index is 0.834. The Labute approximate surface area is 449 Å². The van der Waals surface area contributed by atoms with Crippen LogP contribution in [0.4, 0.5) is 17.1 Å². The number of anilines is 3. The molecule has 1 heterocycles. The van der Waals surface area contributed by atoms with Crippen LogP contribution >= 0.6 is 0 Å². The molecule has 2 atom stereocenters. The third kappa shape index (κ3) is 6.20.